The standard InChI is InChI=1S/C35H48O8/c1-4-12-29-32(19-17-28-30(36)21-24-43-35(28)29)42-23-11-7-10-22-41-31-18-15-26(13-8-9-14-33(37)39-5-2)25-27(31)16-20-34(38)40-6-3/h15,17-19,25H,4-14,16,20-24H2,1-3H3. The van der Waals surface area contributed by atoms with Crippen LogP contribution in [-0.2, 0) is 38.3 Å². The van der Waals surface area contributed by atoms with Gasteiger partial charge in [-0.05, 0) is 94.5 Å². The summed E-state index contributed by atoms with van der Waals surface area (Å²) >= 11 is 0. The van der Waals surface area contributed by atoms with Crippen molar-refractivity contribution in [2.75, 3.05) is 33.0 Å². The number of aryl methyl sites for hydroxylation is 2. The maximum atomic E-state index is 12.3. The summed E-state index contributed by atoms with van der Waals surface area (Å²) in [5.41, 5.74) is 3.82. The molecule has 0 aromatic heterocycles. The van der Waals surface area contributed by atoms with Gasteiger partial charge in [-0.1, -0.05) is 25.5 Å². The van der Waals surface area contributed by atoms with Crippen molar-refractivity contribution in [3.8, 4) is 17.2 Å². The molecule has 8 heteroatoms. The van der Waals surface area contributed by atoms with Crippen molar-refractivity contribution in [2.24, 2.45) is 0 Å². The minimum Gasteiger partial charge on any atom is -0.493 e. The second kappa shape index (κ2) is 18.9. The molecule has 0 atom stereocenters. The lowest BCUT2D eigenvalue weighted by Gasteiger charge is -2.22. The van der Waals surface area contributed by atoms with Crippen LogP contribution < -0.4 is 14.2 Å². The van der Waals surface area contributed by atoms with E-state index in [1.165, 1.54) is 0 Å². The van der Waals surface area contributed by atoms with Crippen LogP contribution in [0.4, 0.5) is 0 Å². The van der Waals surface area contributed by atoms with Crippen molar-refractivity contribution >= 4 is 17.7 Å². The molecule has 3 rings (SSSR count). The Morgan fingerprint density at radius 2 is 1.47 bits per heavy atom. The van der Waals surface area contributed by atoms with E-state index in [0.717, 1.165) is 79.6 Å². The molecule has 1 heterocycles. The van der Waals surface area contributed by atoms with E-state index in [9.17, 15) is 14.4 Å². The average molecular weight is 597 g/mol. The summed E-state index contributed by atoms with van der Waals surface area (Å²) in [4.78, 5) is 35.9. The third-order valence-electron chi connectivity index (χ3n) is 7.33. The van der Waals surface area contributed by atoms with Gasteiger partial charge in [-0.3, -0.25) is 14.4 Å². The van der Waals surface area contributed by atoms with E-state index in [-0.39, 0.29) is 17.7 Å². The third-order valence-corrected chi connectivity index (χ3v) is 7.33. The quantitative estimate of drug-likeness (QED) is 0.119. The molecule has 236 valence electrons. The first kappa shape index (κ1) is 33.9. The Bertz CT molecular complexity index is 1190. The highest BCUT2D eigenvalue weighted by Crippen LogP contribution is 2.36. The van der Waals surface area contributed by atoms with Crippen LogP contribution in [0.3, 0.4) is 0 Å². The summed E-state index contributed by atoms with van der Waals surface area (Å²) < 4.78 is 28.3. The number of hydrogen-bond donors (Lipinski definition) is 0. The maximum Gasteiger partial charge on any atom is 0.306 e. The van der Waals surface area contributed by atoms with Crippen LogP contribution >= 0.6 is 0 Å². The fraction of sp³-hybridized carbons (Fsp3) is 0.571. The van der Waals surface area contributed by atoms with Crippen molar-refractivity contribution in [2.45, 2.75) is 97.8 Å². The maximum absolute atomic E-state index is 12.3. The van der Waals surface area contributed by atoms with Crippen molar-refractivity contribution < 1.29 is 38.1 Å². The van der Waals surface area contributed by atoms with Gasteiger partial charge in [0.2, 0.25) is 0 Å². The molecule has 2 aromatic carbocycles. The Morgan fingerprint density at radius 3 is 2.19 bits per heavy atom. The fourth-order valence-corrected chi connectivity index (χ4v) is 5.17. The van der Waals surface area contributed by atoms with Crippen LogP contribution in [0.5, 0.6) is 17.2 Å². The summed E-state index contributed by atoms with van der Waals surface area (Å²) in [6.45, 7) is 8.09. The number of fused-ring (bicyclic) bond motifs is 1. The van der Waals surface area contributed by atoms with E-state index < -0.39 is 0 Å². The molecule has 1 aliphatic rings. The molecule has 8 nitrogen and oxygen atoms in total. The largest absolute Gasteiger partial charge is 0.493 e. The molecule has 0 radical (unpaired) electrons. The van der Waals surface area contributed by atoms with Gasteiger partial charge in [0.25, 0.3) is 0 Å². The third kappa shape index (κ3) is 11.2. The summed E-state index contributed by atoms with van der Waals surface area (Å²) in [6.07, 6.45) is 8.67. The summed E-state index contributed by atoms with van der Waals surface area (Å²) in [5.74, 6) is 2.07. The van der Waals surface area contributed by atoms with E-state index in [4.69, 9.17) is 23.7 Å². The molecule has 43 heavy (non-hydrogen) atoms. The van der Waals surface area contributed by atoms with Gasteiger partial charge in [0.05, 0.1) is 38.6 Å². The first-order valence-corrected chi connectivity index (χ1v) is 16.0. The van der Waals surface area contributed by atoms with Gasteiger partial charge < -0.3 is 23.7 Å². The lowest BCUT2D eigenvalue weighted by atomic mass is 9.98. The molecule has 1 aliphatic heterocycles. The second-order valence-corrected chi connectivity index (χ2v) is 10.7. The first-order valence-electron chi connectivity index (χ1n) is 16.0. The van der Waals surface area contributed by atoms with Gasteiger partial charge in [0.1, 0.15) is 17.2 Å². The van der Waals surface area contributed by atoms with Crippen LogP contribution in [0, 0.1) is 0 Å². The van der Waals surface area contributed by atoms with E-state index in [1.807, 2.05) is 32.0 Å². The van der Waals surface area contributed by atoms with Gasteiger partial charge in [-0.25, -0.2) is 0 Å². The number of benzene rings is 2. The van der Waals surface area contributed by atoms with Crippen molar-refractivity contribution in [3.63, 3.8) is 0 Å². The molecular formula is C35H48O8. The number of esters is 2. The van der Waals surface area contributed by atoms with Crippen LogP contribution in [0.1, 0.15) is 106 Å². The number of carbonyl (C=O) groups excluding carboxylic acids is 3. The number of unbranched alkanes of at least 4 members (excludes halogenated alkanes) is 3. The molecular weight excluding hydrogens is 548 g/mol. The smallest absolute Gasteiger partial charge is 0.306 e. The number of ketones is 1. The monoisotopic (exact) mass is 596 g/mol. The van der Waals surface area contributed by atoms with Crippen molar-refractivity contribution in [1.82, 2.24) is 0 Å². The minimum absolute atomic E-state index is 0.134. The van der Waals surface area contributed by atoms with Crippen molar-refractivity contribution in [3.05, 3.63) is 52.6 Å². The molecule has 0 N–H and O–H groups in total. The highest BCUT2D eigenvalue weighted by atomic mass is 16.5. The zero-order valence-corrected chi connectivity index (χ0v) is 26.2. The van der Waals surface area contributed by atoms with E-state index >= 15 is 0 Å². The number of ether oxygens (including phenoxy) is 5. The number of Topliss-reactive ketones (excluding diaryl/α,β-unsaturated/α-hetero) is 1. The van der Waals surface area contributed by atoms with Gasteiger partial charge in [0, 0.05) is 24.8 Å². The molecule has 0 aliphatic carbocycles. The molecule has 0 unspecified atom stereocenters. The first-order chi connectivity index (χ1) is 21.0. The molecule has 0 saturated carbocycles. The molecule has 0 spiro atoms. The summed E-state index contributed by atoms with van der Waals surface area (Å²) in [7, 11) is 0. The van der Waals surface area contributed by atoms with Gasteiger partial charge in [0.15, 0.2) is 5.78 Å². The Morgan fingerprint density at radius 1 is 0.767 bits per heavy atom. The normalized spacial score (nSPS) is 12.3. The molecule has 0 fully saturated rings. The predicted molar refractivity (Wildman–Crippen MR) is 165 cm³/mol. The molecule has 0 amide bonds. The SMILES string of the molecule is CCCc1c(OCCCCCOc2ccc(CCCCC(=O)OCC)cc2CCC(=O)OCC)ccc2c1OCCC2=O. The lowest BCUT2D eigenvalue weighted by Crippen LogP contribution is -2.17. The number of rotatable bonds is 20. The molecule has 0 saturated heterocycles. The summed E-state index contributed by atoms with van der Waals surface area (Å²) in [6, 6.07) is 9.89. The molecule has 2 aromatic rings. The topological polar surface area (TPSA) is 97.4 Å². The minimum atomic E-state index is -0.215. The molecule has 0 bridgehead atoms. The van der Waals surface area contributed by atoms with Crippen LogP contribution in [-0.4, -0.2) is 50.8 Å². The highest BCUT2D eigenvalue weighted by Gasteiger charge is 2.23. The van der Waals surface area contributed by atoms with Gasteiger partial charge in [-0.15, -0.1) is 0 Å². The fourth-order valence-electron chi connectivity index (χ4n) is 5.17. The number of hydrogen-bond acceptors (Lipinski definition) is 8. The van der Waals surface area contributed by atoms with E-state index in [2.05, 4.69) is 19.1 Å². The van der Waals surface area contributed by atoms with E-state index in [0.29, 0.717) is 70.0 Å². The second-order valence-electron chi connectivity index (χ2n) is 10.7. The van der Waals surface area contributed by atoms with Crippen LogP contribution in [0.2, 0.25) is 0 Å². The zero-order valence-electron chi connectivity index (χ0n) is 26.2. The predicted octanol–water partition coefficient (Wildman–Crippen LogP) is 7.00. The number of carbonyl (C=O) groups is 3. The van der Waals surface area contributed by atoms with Crippen molar-refractivity contribution in [1.29, 1.82) is 0 Å². The highest BCUT2D eigenvalue weighted by molar-refractivity contribution is 6.00. The average Bonchev–Trinajstić information content (AvgIpc) is 3.00. The Kier molecular flexibility index (Phi) is 14.9. The Labute approximate surface area is 256 Å². The van der Waals surface area contributed by atoms with Crippen LogP contribution in [0.25, 0.3) is 0 Å². The lowest BCUT2D eigenvalue weighted by molar-refractivity contribution is -0.144. The van der Waals surface area contributed by atoms with Gasteiger partial charge >= 0.3 is 11.9 Å². The van der Waals surface area contributed by atoms with Gasteiger partial charge in [-0.2, -0.15) is 0 Å². The Hall–Kier alpha value is -3.55. The van der Waals surface area contributed by atoms with E-state index in [1.54, 1.807) is 0 Å². The Balaban J connectivity index is 1.47. The zero-order chi connectivity index (χ0) is 30.9. The van der Waals surface area contributed by atoms with Crippen LogP contribution in [0.15, 0.2) is 30.3 Å². The summed E-state index contributed by atoms with van der Waals surface area (Å²) in [5, 5.41) is 0.